The van der Waals surface area contributed by atoms with Gasteiger partial charge in [-0.2, -0.15) is 15.0 Å². The number of benzene rings is 1. The van der Waals surface area contributed by atoms with Gasteiger partial charge in [-0.3, -0.25) is 4.79 Å². The molecular weight excluding hydrogens is 378 g/mol. The number of hydrogen-bond donors (Lipinski definition) is 1. The number of anilines is 1. The van der Waals surface area contributed by atoms with Crippen molar-refractivity contribution >= 4 is 23.3 Å². The molecule has 0 bridgehead atoms. The van der Waals surface area contributed by atoms with Gasteiger partial charge in [0.15, 0.2) is 0 Å². The molecule has 2 aromatic heterocycles. The Hall–Kier alpha value is -3.00. The molecule has 1 N–H and O–H groups in total. The molecule has 8 nitrogen and oxygen atoms in total. The first-order valence-corrected chi connectivity index (χ1v) is 9.52. The van der Waals surface area contributed by atoms with Crippen LogP contribution in [-0.2, 0) is 0 Å². The molecule has 144 valence electrons. The highest BCUT2D eigenvalue weighted by Crippen LogP contribution is 2.24. The average molecular weight is 398 g/mol. The van der Waals surface area contributed by atoms with Gasteiger partial charge in [-0.05, 0) is 31.9 Å². The van der Waals surface area contributed by atoms with Gasteiger partial charge in [-0.25, -0.2) is 9.97 Å². The van der Waals surface area contributed by atoms with E-state index in [4.69, 9.17) is 11.6 Å². The average Bonchev–Trinajstić information content (AvgIpc) is 3.25. The second-order valence-electron chi connectivity index (χ2n) is 6.69. The third-order valence-corrected chi connectivity index (χ3v) is 5.17. The van der Waals surface area contributed by atoms with Gasteiger partial charge in [0.25, 0.3) is 5.91 Å². The maximum atomic E-state index is 13.4. The number of hydrogen-bond acceptors (Lipinski definition) is 6. The van der Waals surface area contributed by atoms with Crippen molar-refractivity contribution < 1.29 is 4.79 Å². The van der Waals surface area contributed by atoms with E-state index < -0.39 is 0 Å². The van der Waals surface area contributed by atoms with Gasteiger partial charge in [0.1, 0.15) is 11.0 Å². The molecule has 28 heavy (non-hydrogen) atoms. The molecule has 0 saturated carbocycles. The first-order chi connectivity index (χ1) is 13.6. The van der Waals surface area contributed by atoms with E-state index in [1.807, 2.05) is 36.1 Å². The summed E-state index contributed by atoms with van der Waals surface area (Å²) in [6, 6.07) is 7.45. The largest absolute Gasteiger partial charge is 0.364 e. The number of piperidine rings is 1. The molecule has 1 fully saturated rings. The summed E-state index contributed by atoms with van der Waals surface area (Å²) < 4.78 is 0. The standard InChI is InChI=1S/C19H20ClN7O/c1-13-15(25-18-12-21-17(20)11-22-18)6-4-10-26(13)19(28)14-5-2-3-7-16(14)27-23-8-9-24-27/h2-3,5,7-9,11-13,15H,4,6,10H2,1H3,(H,22,25)/t13-,15+/m0/s1. The zero-order valence-corrected chi connectivity index (χ0v) is 16.1. The van der Waals surface area contributed by atoms with Crippen LogP contribution in [0.2, 0.25) is 5.15 Å². The fourth-order valence-corrected chi connectivity index (χ4v) is 3.62. The van der Waals surface area contributed by atoms with Crippen LogP contribution >= 0.6 is 11.6 Å². The summed E-state index contributed by atoms with van der Waals surface area (Å²) in [5.74, 6) is 0.616. The number of rotatable bonds is 4. The minimum absolute atomic E-state index is 0.0163. The fourth-order valence-electron chi connectivity index (χ4n) is 3.52. The lowest BCUT2D eigenvalue weighted by Crippen LogP contribution is -2.52. The maximum absolute atomic E-state index is 13.4. The molecule has 1 aromatic carbocycles. The lowest BCUT2D eigenvalue weighted by atomic mass is 9.96. The molecule has 4 rings (SSSR count). The van der Waals surface area contributed by atoms with Crippen LogP contribution in [0.1, 0.15) is 30.1 Å². The van der Waals surface area contributed by atoms with Crippen LogP contribution in [0.3, 0.4) is 0 Å². The number of nitrogens with one attached hydrogen (secondary N) is 1. The molecular formula is C19H20ClN7O. The summed E-state index contributed by atoms with van der Waals surface area (Å²) in [6.45, 7) is 2.75. The van der Waals surface area contributed by atoms with Crippen LogP contribution < -0.4 is 5.32 Å². The van der Waals surface area contributed by atoms with Crippen LogP contribution in [0.15, 0.2) is 49.1 Å². The first kappa shape index (κ1) is 18.4. The van der Waals surface area contributed by atoms with E-state index in [2.05, 4.69) is 25.5 Å². The predicted molar refractivity (Wildman–Crippen MR) is 106 cm³/mol. The maximum Gasteiger partial charge on any atom is 0.256 e. The topological polar surface area (TPSA) is 88.8 Å². The molecule has 0 spiro atoms. The van der Waals surface area contributed by atoms with Crippen molar-refractivity contribution in [1.82, 2.24) is 29.9 Å². The van der Waals surface area contributed by atoms with Gasteiger partial charge < -0.3 is 10.2 Å². The van der Waals surface area contributed by atoms with Crippen LogP contribution in [-0.4, -0.2) is 54.4 Å². The second kappa shape index (κ2) is 7.93. The molecule has 9 heteroatoms. The smallest absolute Gasteiger partial charge is 0.256 e. The highest BCUT2D eigenvalue weighted by Gasteiger charge is 2.33. The second-order valence-corrected chi connectivity index (χ2v) is 7.08. The zero-order chi connectivity index (χ0) is 19.5. The Morgan fingerprint density at radius 2 is 1.96 bits per heavy atom. The molecule has 1 aliphatic rings. The molecule has 1 aliphatic heterocycles. The summed E-state index contributed by atoms with van der Waals surface area (Å²) in [4.78, 5) is 25.0. The quantitative estimate of drug-likeness (QED) is 0.728. The zero-order valence-electron chi connectivity index (χ0n) is 15.4. The van der Waals surface area contributed by atoms with Crippen LogP contribution in [0.4, 0.5) is 5.82 Å². The van der Waals surface area contributed by atoms with E-state index in [0.717, 1.165) is 12.8 Å². The molecule has 0 aliphatic carbocycles. The minimum atomic E-state index is -0.0332. The lowest BCUT2D eigenvalue weighted by molar-refractivity contribution is 0.0616. The van der Waals surface area contributed by atoms with Crippen molar-refractivity contribution in [3.05, 3.63) is 59.8 Å². The van der Waals surface area contributed by atoms with Crippen LogP contribution in [0.5, 0.6) is 0 Å². The van der Waals surface area contributed by atoms with E-state index in [1.54, 1.807) is 18.6 Å². The minimum Gasteiger partial charge on any atom is -0.364 e. The summed E-state index contributed by atoms with van der Waals surface area (Å²) in [7, 11) is 0. The molecule has 0 unspecified atom stereocenters. The number of likely N-dealkylation sites (tertiary alicyclic amines) is 1. The number of amides is 1. The Morgan fingerprint density at radius 3 is 2.71 bits per heavy atom. The predicted octanol–water partition coefficient (Wildman–Crippen LogP) is 2.82. The van der Waals surface area contributed by atoms with Crippen molar-refractivity contribution in [3.8, 4) is 5.69 Å². The van der Waals surface area contributed by atoms with Gasteiger partial charge in [-0.15, -0.1) is 0 Å². The normalized spacial score (nSPS) is 19.4. The highest BCUT2D eigenvalue weighted by molar-refractivity contribution is 6.29. The van der Waals surface area contributed by atoms with E-state index in [9.17, 15) is 4.79 Å². The van der Waals surface area contributed by atoms with Crippen molar-refractivity contribution in [2.24, 2.45) is 0 Å². The van der Waals surface area contributed by atoms with Gasteiger partial charge in [-0.1, -0.05) is 23.7 Å². The Balaban J connectivity index is 1.56. The Kier molecular flexibility index (Phi) is 5.21. The van der Waals surface area contributed by atoms with E-state index in [1.165, 1.54) is 11.0 Å². The van der Waals surface area contributed by atoms with Crippen LogP contribution in [0.25, 0.3) is 5.69 Å². The lowest BCUT2D eigenvalue weighted by Gasteiger charge is -2.40. The monoisotopic (exact) mass is 397 g/mol. The number of nitrogens with zero attached hydrogens (tertiary/aromatic N) is 6. The first-order valence-electron chi connectivity index (χ1n) is 9.14. The van der Waals surface area contributed by atoms with E-state index in [0.29, 0.717) is 28.8 Å². The molecule has 3 aromatic rings. The van der Waals surface area contributed by atoms with E-state index >= 15 is 0 Å². The summed E-state index contributed by atoms with van der Waals surface area (Å²) in [5, 5.41) is 12.1. The molecule has 1 saturated heterocycles. The van der Waals surface area contributed by atoms with Gasteiger partial charge >= 0.3 is 0 Å². The fraction of sp³-hybridized carbons (Fsp3) is 0.316. The summed E-state index contributed by atoms with van der Waals surface area (Å²) >= 11 is 5.81. The molecule has 0 radical (unpaired) electrons. The van der Waals surface area contributed by atoms with Gasteiger partial charge in [0, 0.05) is 18.6 Å². The number of carbonyl (C=O) groups is 1. The van der Waals surface area contributed by atoms with Crippen molar-refractivity contribution in [3.63, 3.8) is 0 Å². The van der Waals surface area contributed by atoms with Crippen LogP contribution in [0, 0.1) is 0 Å². The third-order valence-electron chi connectivity index (χ3n) is 4.97. The summed E-state index contributed by atoms with van der Waals surface area (Å²) in [6.07, 6.45) is 8.15. The molecule has 2 atom stereocenters. The third kappa shape index (κ3) is 3.68. The number of aromatic nitrogens is 5. The van der Waals surface area contributed by atoms with E-state index in [-0.39, 0.29) is 18.0 Å². The highest BCUT2D eigenvalue weighted by atomic mass is 35.5. The molecule has 3 heterocycles. The van der Waals surface area contributed by atoms with Crippen molar-refractivity contribution in [2.45, 2.75) is 31.8 Å². The van der Waals surface area contributed by atoms with Crippen molar-refractivity contribution in [2.75, 3.05) is 11.9 Å². The Bertz CT molecular complexity index is 945. The number of para-hydroxylation sites is 1. The molecule has 1 amide bonds. The van der Waals surface area contributed by atoms with Gasteiger partial charge in [0.05, 0.1) is 36.0 Å². The Labute approximate surface area is 167 Å². The number of halogens is 1. The number of carbonyl (C=O) groups excluding carboxylic acids is 1. The van der Waals surface area contributed by atoms with Crippen molar-refractivity contribution in [1.29, 1.82) is 0 Å². The van der Waals surface area contributed by atoms with Gasteiger partial charge in [0.2, 0.25) is 0 Å². The Morgan fingerprint density at radius 1 is 1.18 bits per heavy atom. The SMILES string of the molecule is C[C@H]1[C@H](Nc2cnc(Cl)cn2)CCCN1C(=O)c1ccccc1-n1nccn1. The summed E-state index contributed by atoms with van der Waals surface area (Å²) in [5.41, 5.74) is 1.25.